The minimum atomic E-state index is -0.198. The molecule has 0 aromatic heterocycles. The van der Waals surface area contributed by atoms with E-state index < -0.39 is 0 Å². The molecule has 3 amide bonds. The molecule has 7 nitrogen and oxygen atoms in total. The Morgan fingerprint density at radius 1 is 0.778 bits per heavy atom. The molecule has 0 bridgehead atoms. The van der Waals surface area contributed by atoms with Crippen LogP contribution in [-0.4, -0.2) is 48.8 Å². The summed E-state index contributed by atoms with van der Waals surface area (Å²) in [5.74, 6) is -0.466. The van der Waals surface area contributed by atoms with E-state index >= 15 is 0 Å². The molecular formula is C29H36N4O3. The molecule has 3 N–H and O–H groups in total. The second-order valence-electron chi connectivity index (χ2n) is 10.4. The van der Waals surface area contributed by atoms with Crippen LogP contribution in [-0.2, 0) is 27.2 Å². The zero-order chi connectivity index (χ0) is 24.9. The van der Waals surface area contributed by atoms with Crippen LogP contribution >= 0.6 is 0 Å². The summed E-state index contributed by atoms with van der Waals surface area (Å²) in [5, 5.41) is 9.09. The summed E-state index contributed by atoms with van der Waals surface area (Å²) < 4.78 is 0. The van der Waals surface area contributed by atoms with Crippen LogP contribution in [0.25, 0.3) is 0 Å². The smallest absolute Gasteiger partial charge is 0.239 e. The van der Waals surface area contributed by atoms with Gasteiger partial charge in [-0.15, -0.1) is 0 Å². The molecule has 3 aliphatic rings. The Bertz CT molecular complexity index is 1120. The quantitative estimate of drug-likeness (QED) is 0.559. The Morgan fingerprint density at radius 2 is 1.36 bits per heavy atom. The third-order valence-corrected chi connectivity index (χ3v) is 7.84. The summed E-state index contributed by atoms with van der Waals surface area (Å²) in [4.78, 5) is 40.0. The fourth-order valence-electron chi connectivity index (χ4n) is 6.00. The molecule has 190 valence electrons. The van der Waals surface area contributed by atoms with Gasteiger partial charge in [0.05, 0.1) is 31.1 Å². The third-order valence-electron chi connectivity index (χ3n) is 7.84. The Balaban J connectivity index is 1.05. The average molecular weight is 489 g/mol. The molecule has 1 fully saturated rings. The van der Waals surface area contributed by atoms with Crippen LogP contribution in [0.3, 0.4) is 0 Å². The van der Waals surface area contributed by atoms with E-state index in [1.165, 1.54) is 22.3 Å². The number of fused-ring (bicyclic) bond motifs is 2. The van der Waals surface area contributed by atoms with Crippen LogP contribution in [0.5, 0.6) is 0 Å². The molecular weight excluding hydrogens is 452 g/mol. The molecule has 5 rings (SSSR count). The average Bonchev–Trinajstić information content (AvgIpc) is 3.36. The number of likely N-dealkylation sites (tertiary alicyclic amines) is 1. The molecule has 0 unspecified atom stereocenters. The molecule has 7 heteroatoms. The fraction of sp³-hybridized carbons (Fsp3) is 0.483. The summed E-state index contributed by atoms with van der Waals surface area (Å²) in [6.45, 7) is 1.52. The van der Waals surface area contributed by atoms with E-state index in [9.17, 15) is 14.4 Å². The van der Waals surface area contributed by atoms with E-state index in [-0.39, 0.29) is 42.3 Å². The highest BCUT2D eigenvalue weighted by Gasteiger charge is 2.30. The highest BCUT2D eigenvalue weighted by molar-refractivity contribution is 5.86. The van der Waals surface area contributed by atoms with Crippen molar-refractivity contribution < 1.29 is 14.4 Å². The second-order valence-corrected chi connectivity index (χ2v) is 10.4. The van der Waals surface area contributed by atoms with E-state index in [0.29, 0.717) is 26.1 Å². The zero-order valence-corrected chi connectivity index (χ0v) is 20.8. The molecule has 1 saturated heterocycles. The molecule has 2 aromatic carbocycles. The van der Waals surface area contributed by atoms with E-state index in [1.807, 2.05) is 23.1 Å². The molecule has 1 aliphatic heterocycles. The van der Waals surface area contributed by atoms with Crippen molar-refractivity contribution in [2.24, 2.45) is 5.92 Å². The van der Waals surface area contributed by atoms with Crippen molar-refractivity contribution in [3.8, 4) is 0 Å². The van der Waals surface area contributed by atoms with Crippen molar-refractivity contribution in [1.29, 1.82) is 0 Å². The van der Waals surface area contributed by atoms with Gasteiger partial charge in [-0.1, -0.05) is 48.5 Å². The number of rotatable bonds is 7. The maximum absolute atomic E-state index is 12.7. The first kappa shape index (κ1) is 24.5. The van der Waals surface area contributed by atoms with Gasteiger partial charge in [0.15, 0.2) is 0 Å². The molecule has 0 radical (unpaired) electrons. The van der Waals surface area contributed by atoms with Gasteiger partial charge in [0.25, 0.3) is 0 Å². The van der Waals surface area contributed by atoms with Gasteiger partial charge >= 0.3 is 0 Å². The SMILES string of the molecule is O=C(CNC(=O)[C@@H]1CCN(CC(=O)N[C@@H]2CCCc3ccccc32)C1)N[C@H]1CCCc2ccccc21. The normalized spacial score (nSPS) is 23.3. The topological polar surface area (TPSA) is 90.5 Å². The first-order valence-electron chi connectivity index (χ1n) is 13.3. The predicted molar refractivity (Wildman–Crippen MR) is 138 cm³/mol. The van der Waals surface area contributed by atoms with E-state index in [4.69, 9.17) is 0 Å². The zero-order valence-electron chi connectivity index (χ0n) is 20.8. The monoisotopic (exact) mass is 488 g/mol. The van der Waals surface area contributed by atoms with Gasteiger partial charge in [-0.3, -0.25) is 19.3 Å². The molecule has 3 atom stereocenters. The number of carbonyl (C=O) groups excluding carboxylic acids is 3. The van der Waals surface area contributed by atoms with Crippen LogP contribution in [0, 0.1) is 5.92 Å². The maximum atomic E-state index is 12.7. The van der Waals surface area contributed by atoms with E-state index in [1.54, 1.807) is 0 Å². The van der Waals surface area contributed by atoms with Gasteiger partial charge in [0.2, 0.25) is 17.7 Å². The summed E-state index contributed by atoms with van der Waals surface area (Å²) in [6.07, 6.45) is 6.82. The number of carbonyl (C=O) groups is 3. The Morgan fingerprint density at radius 3 is 2.00 bits per heavy atom. The summed E-state index contributed by atoms with van der Waals surface area (Å²) in [7, 11) is 0. The molecule has 2 aromatic rings. The lowest BCUT2D eigenvalue weighted by Crippen LogP contribution is -2.42. The van der Waals surface area contributed by atoms with Crippen molar-refractivity contribution in [2.75, 3.05) is 26.2 Å². The minimum Gasteiger partial charge on any atom is -0.348 e. The van der Waals surface area contributed by atoms with Crippen LogP contribution in [0.1, 0.15) is 66.4 Å². The molecule has 1 heterocycles. The number of hydrogen-bond donors (Lipinski definition) is 3. The van der Waals surface area contributed by atoms with Gasteiger partial charge < -0.3 is 16.0 Å². The van der Waals surface area contributed by atoms with Crippen LogP contribution < -0.4 is 16.0 Å². The molecule has 0 saturated carbocycles. The van der Waals surface area contributed by atoms with Crippen molar-refractivity contribution in [1.82, 2.24) is 20.9 Å². The lowest BCUT2D eigenvalue weighted by Gasteiger charge is -2.27. The van der Waals surface area contributed by atoms with Crippen LogP contribution in [0.4, 0.5) is 0 Å². The molecule has 36 heavy (non-hydrogen) atoms. The van der Waals surface area contributed by atoms with E-state index in [0.717, 1.165) is 38.5 Å². The summed E-state index contributed by atoms with van der Waals surface area (Å²) in [6, 6.07) is 16.7. The molecule has 2 aliphatic carbocycles. The van der Waals surface area contributed by atoms with Gasteiger partial charge in [-0.05, 0) is 73.7 Å². The Kier molecular flexibility index (Phi) is 7.66. The Labute approximate surface area is 213 Å². The number of benzene rings is 2. The summed E-state index contributed by atoms with van der Waals surface area (Å²) in [5.41, 5.74) is 5.03. The number of hydrogen-bond acceptors (Lipinski definition) is 4. The Hall–Kier alpha value is -3.19. The first-order chi connectivity index (χ1) is 17.6. The minimum absolute atomic E-state index is 0.00454. The highest BCUT2D eigenvalue weighted by Crippen LogP contribution is 2.30. The van der Waals surface area contributed by atoms with Crippen LogP contribution in [0.15, 0.2) is 48.5 Å². The third kappa shape index (κ3) is 5.78. The van der Waals surface area contributed by atoms with Crippen molar-refractivity contribution in [3.63, 3.8) is 0 Å². The molecule has 0 spiro atoms. The van der Waals surface area contributed by atoms with Crippen molar-refractivity contribution >= 4 is 17.7 Å². The standard InChI is InChI=1S/C29H36N4O3/c34-27(31-25-13-5-9-20-7-1-3-11-23(20)25)17-30-29(36)22-15-16-33(18-22)19-28(35)32-26-14-6-10-21-8-2-4-12-24(21)26/h1-4,7-8,11-12,22,25-26H,5-6,9-10,13-19H2,(H,30,36)(H,31,34)(H,32,35)/t22-,25+,26-/m1/s1. The fourth-order valence-corrected chi connectivity index (χ4v) is 6.00. The number of nitrogens with zero attached hydrogens (tertiary/aromatic N) is 1. The number of amides is 3. The van der Waals surface area contributed by atoms with E-state index in [2.05, 4.69) is 46.3 Å². The van der Waals surface area contributed by atoms with Gasteiger partial charge in [0.1, 0.15) is 0 Å². The second kappa shape index (κ2) is 11.2. The van der Waals surface area contributed by atoms with Gasteiger partial charge in [0, 0.05) is 6.54 Å². The predicted octanol–water partition coefficient (Wildman–Crippen LogP) is 2.81. The van der Waals surface area contributed by atoms with Crippen molar-refractivity contribution in [3.05, 3.63) is 70.8 Å². The summed E-state index contributed by atoms with van der Waals surface area (Å²) >= 11 is 0. The maximum Gasteiger partial charge on any atom is 0.239 e. The van der Waals surface area contributed by atoms with Gasteiger partial charge in [-0.25, -0.2) is 0 Å². The van der Waals surface area contributed by atoms with Crippen LogP contribution in [0.2, 0.25) is 0 Å². The van der Waals surface area contributed by atoms with Crippen molar-refractivity contribution in [2.45, 2.75) is 57.0 Å². The highest BCUT2D eigenvalue weighted by atomic mass is 16.2. The lowest BCUT2D eigenvalue weighted by molar-refractivity contribution is -0.128. The largest absolute Gasteiger partial charge is 0.348 e. The first-order valence-corrected chi connectivity index (χ1v) is 13.3. The van der Waals surface area contributed by atoms with Gasteiger partial charge in [-0.2, -0.15) is 0 Å². The number of aryl methyl sites for hydroxylation is 2. The number of nitrogens with one attached hydrogen (secondary N) is 3. The lowest BCUT2D eigenvalue weighted by atomic mass is 9.88.